The number of ether oxygens (including phenoxy) is 1. The van der Waals surface area contributed by atoms with Gasteiger partial charge in [-0.2, -0.15) is 4.98 Å². The number of aromatic nitrogens is 2. The molecule has 0 atom stereocenters. The Balaban J connectivity index is 1.87. The normalized spacial score (nSPS) is 10.8. The molecule has 0 saturated carbocycles. The van der Waals surface area contributed by atoms with Crippen LogP contribution < -0.4 is 4.74 Å². The maximum absolute atomic E-state index is 13.3. The van der Waals surface area contributed by atoms with Crippen LogP contribution in [0.1, 0.15) is 16.8 Å². The maximum Gasteiger partial charge on any atom is 0.220 e. The molecule has 6 heteroatoms. The quantitative estimate of drug-likeness (QED) is 0.685. The van der Waals surface area contributed by atoms with Gasteiger partial charge in [0.25, 0.3) is 0 Å². The average Bonchev–Trinajstić information content (AvgIpc) is 2.59. The summed E-state index contributed by atoms with van der Waals surface area (Å²) in [5.74, 6) is -1.43. The van der Waals surface area contributed by atoms with Crippen LogP contribution in [0.25, 0.3) is 11.4 Å². The summed E-state index contributed by atoms with van der Waals surface area (Å²) in [6.45, 7) is 3.66. The number of nitrogens with zero attached hydrogens (tertiary/aromatic N) is 2. The van der Waals surface area contributed by atoms with Gasteiger partial charge in [-0.25, -0.2) is 18.2 Å². The third kappa shape index (κ3) is 3.79. The molecular weight excluding hydrogens is 329 g/mol. The van der Waals surface area contributed by atoms with Crippen molar-refractivity contribution in [3.63, 3.8) is 0 Å². The Hall–Kier alpha value is -2.89. The van der Waals surface area contributed by atoms with E-state index in [-0.39, 0.29) is 12.4 Å². The lowest BCUT2D eigenvalue weighted by Crippen LogP contribution is -2.04. The Kier molecular flexibility index (Phi) is 4.70. The highest BCUT2D eigenvalue weighted by molar-refractivity contribution is 5.56. The molecule has 0 aliphatic heterocycles. The smallest absolute Gasteiger partial charge is 0.220 e. The van der Waals surface area contributed by atoms with Crippen molar-refractivity contribution in [2.24, 2.45) is 0 Å². The highest BCUT2D eigenvalue weighted by Gasteiger charge is 2.12. The fourth-order valence-electron chi connectivity index (χ4n) is 2.25. The SMILES string of the molecule is Cc1nc(-c2ccc(F)cc2)nc(OCc2ccc(F)c(F)c2)c1C. The van der Waals surface area contributed by atoms with Crippen LogP contribution in [0.4, 0.5) is 13.2 Å². The minimum atomic E-state index is -0.927. The standard InChI is InChI=1S/C19H15F3N2O/c1-11-12(2)23-18(14-4-6-15(20)7-5-14)24-19(11)25-10-13-3-8-16(21)17(22)9-13/h3-9H,10H2,1-2H3. The van der Waals surface area contributed by atoms with E-state index in [1.54, 1.807) is 12.1 Å². The first-order valence-corrected chi connectivity index (χ1v) is 7.62. The molecule has 0 aliphatic rings. The maximum atomic E-state index is 13.3. The summed E-state index contributed by atoms with van der Waals surface area (Å²) < 4.78 is 45.0. The molecule has 0 aliphatic carbocycles. The van der Waals surface area contributed by atoms with Gasteiger partial charge in [-0.3, -0.25) is 0 Å². The first-order valence-electron chi connectivity index (χ1n) is 7.62. The summed E-state index contributed by atoms with van der Waals surface area (Å²) in [6, 6.07) is 9.40. The summed E-state index contributed by atoms with van der Waals surface area (Å²) in [5.41, 5.74) is 2.60. The van der Waals surface area contributed by atoms with Gasteiger partial charge >= 0.3 is 0 Å². The lowest BCUT2D eigenvalue weighted by atomic mass is 10.2. The summed E-state index contributed by atoms with van der Waals surface area (Å²) >= 11 is 0. The van der Waals surface area contributed by atoms with E-state index >= 15 is 0 Å². The summed E-state index contributed by atoms with van der Waals surface area (Å²) in [6.07, 6.45) is 0. The minimum Gasteiger partial charge on any atom is -0.473 e. The predicted octanol–water partition coefficient (Wildman–Crippen LogP) is 4.76. The molecule has 1 aromatic heterocycles. The Morgan fingerprint density at radius 3 is 2.28 bits per heavy atom. The van der Waals surface area contributed by atoms with Crippen LogP contribution in [-0.2, 0) is 6.61 Å². The summed E-state index contributed by atoms with van der Waals surface area (Å²) in [4.78, 5) is 8.76. The van der Waals surface area contributed by atoms with Gasteiger partial charge in [-0.15, -0.1) is 0 Å². The molecular formula is C19H15F3N2O. The van der Waals surface area contributed by atoms with Gasteiger partial charge in [-0.05, 0) is 55.8 Å². The second kappa shape index (κ2) is 6.93. The predicted molar refractivity (Wildman–Crippen MR) is 87.6 cm³/mol. The third-order valence-electron chi connectivity index (χ3n) is 3.81. The molecule has 128 valence electrons. The van der Waals surface area contributed by atoms with Crippen LogP contribution in [0, 0.1) is 31.3 Å². The zero-order valence-corrected chi connectivity index (χ0v) is 13.7. The van der Waals surface area contributed by atoms with E-state index in [1.807, 2.05) is 13.8 Å². The van der Waals surface area contributed by atoms with Gasteiger partial charge in [-0.1, -0.05) is 6.07 Å². The molecule has 3 rings (SSSR count). The number of aryl methyl sites for hydroxylation is 1. The summed E-state index contributed by atoms with van der Waals surface area (Å²) in [5, 5.41) is 0. The second-order valence-corrected chi connectivity index (χ2v) is 5.61. The molecule has 1 heterocycles. The van der Waals surface area contributed by atoms with Crippen molar-refractivity contribution >= 4 is 0 Å². The third-order valence-corrected chi connectivity index (χ3v) is 3.81. The molecule has 0 spiro atoms. The number of halogens is 3. The van der Waals surface area contributed by atoms with Gasteiger partial charge in [0.1, 0.15) is 12.4 Å². The minimum absolute atomic E-state index is 0.0390. The van der Waals surface area contributed by atoms with Crippen molar-refractivity contribution in [1.29, 1.82) is 0 Å². The highest BCUT2D eigenvalue weighted by atomic mass is 19.2. The molecule has 0 radical (unpaired) electrons. The number of benzene rings is 2. The second-order valence-electron chi connectivity index (χ2n) is 5.61. The molecule has 0 bridgehead atoms. The fraction of sp³-hybridized carbons (Fsp3) is 0.158. The van der Waals surface area contributed by atoms with Gasteiger partial charge in [0.05, 0.1) is 0 Å². The van der Waals surface area contributed by atoms with Gasteiger partial charge in [0, 0.05) is 16.8 Å². The number of hydrogen-bond acceptors (Lipinski definition) is 3. The van der Waals surface area contributed by atoms with E-state index in [4.69, 9.17) is 4.74 Å². The Morgan fingerprint density at radius 1 is 0.880 bits per heavy atom. The zero-order valence-electron chi connectivity index (χ0n) is 13.7. The molecule has 0 N–H and O–H groups in total. The number of hydrogen-bond donors (Lipinski definition) is 0. The molecule has 0 saturated heterocycles. The zero-order chi connectivity index (χ0) is 18.0. The molecule has 0 amide bonds. The van der Waals surface area contributed by atoms with E-state index in [2.05, 4.69) is 9.97 Å². The molecule has 0 fully saturated rings. The monoisotopic (exact) mass is 344 g/mol. The Labute approximate surface area is 143 Å². The van der Waals surface area contributed by atoms with E-state index in [0.717, 1.165) is 23.4 Å². The highest BCUT2D eigenvalue weighted by Crippen LogP contribution is 2.24. The van der Waals surface area contributed by atoms with E-state index in [1.165, 1.54) is 18.2 Å². The Morgan fingerprint density at radius 2 is 1.60 bits per heavy atom. The average molecular weight is 344 g/mol. The van der Waals surface area contributed by atoms with E-state index in [9.17, 15) is 13.2 Å². The van der Waals surface area contributed by atoms with Crippen LogP contribution in [-0.4, -0.2) is 9.97 Å². The van der Waals surface area contributed by atoms with Crippen molar-refractivity contribution < 1.29 is 17.9 Å². The van der Waals surface area contributed by atoms with Crippen LogP contribution in [0.5, 0.6) is 5.88 Å². The van der Waals surface area contributed by atoms with Crippen molar-refractivity contribution in [2.75, 3.05) is 0 Å². The van der Waals surface area contributed by atoms with Gasteiger partial charge < -0.3 is 4.74 Å². The summed E-state index contributed by atoms with van der Waals surface area (Å²) in [7, 11) is 0. The van der Waals surface area contributed by atoms with Crippen LogP contribution in [0.15, 0.2) is 42.5 Å². The molecule has 25 heavy (non-hydrogen) atoms. The molecule has 0 unspecified atom stereocenters. The van der Waals surface area contributed by atoms with Crippen molar-refractivity contribution in [3.8, 4) is 17.3 Å². The van der Waals surface area contributed by atoms with Gasteiger partial charge in [0.2, 0.25) is 5.88 Å². The van der Waals surface area contributed by atoms with Crippen LogP contribution in [0.2, 0.25) is 0 Å². The topological polar surface area (TPSA) is 35.0 Å². The lowest BCUT2D eigenvalue weighted by molar-refractivity contribution is 0.290. The Bertz CT molecular complexity index is 911. The fourth-order valence-corrected chi connectivity index (χ4v) is 2.25. The van der Waals surface area contributed by atoms with Crippen molar-refractivity contribution in [2.45, 2.75) is 20.5 Å². The lowest BCUT2D eigenvalue weighted by Gasteiger charge is -2.12. The van der Waals surface area contributed by atoms with Crippen LogP contribution in [0.3, 0.4) is 0 Å². The molecule has 3 aromatic rings. The van der Waals surface area contributed by atoms with Gasteiger partial charge in [0.15, 0.2) is 17.5 Å². The first-order chi connectivity index (χ1) is 11.9. The van der Waals surface area contributed by atoms with Crippen molar-refractivity contribution in [1.82, 2.24) is 9.97 Å². The molecule has 3 nitrogen and oxygen atoms in total. The first kappa shape index (κ1) is 17.0. The van der Waals surface area contributed by atoms with Crippen molar-refractivity contribution in [3.05, 3.63) is 76.7 Å². The van der Waals surface area contributed by atoms with E-state index in [0.29, 0.717) is 22.8 Å². The largest absolute Gasteiger partial charge is 0.473 e. The molecule has 2 aromatic carbocycles. The van der Waals surface area contributed by atoms with E-state index < -0.39 is 11.6 Å². The number of rotatable bonds is 4. The van der Waals surface area contributed by atoms with Crippen LogP contribution >= 0.6 is 0 Å².